The number of nitrogens with zero attached hydrogens (tertiary/aromatic N) is 1. The van der Waals surface area contributed by atoms with E-state index in [2.05, 4.69) is 15.6 Å². The van der Waals surface area contributed by atoms with Crippen molar-refractivity contribution >= 4 is 23.7 Å². The van der Waals surface area contributed by atoms with E-state index in [-0.39, 0.29) is 0 Å². The lowest BCUT2D eigenvalue weighted by molar-refractivity contribution is -0.143. The Kier molecular flexibility index (Phi) is 8.16. The Morgan fingerprint density at radius 1 is 1.32 bits per heavy atom. The van der Waals surface area contributed by atoms with Crippen LogP contribution in [-0.4, -0.2) is 87.2 Å². The maximum Gasteiger partial charge on any atom is 0.325 e. The summed E-state index contributed by atoms with van der Waals surface area (Å²) in [6, 6.07) is -3.45. The van der Waals surface area contributed by atoms with Gasteiger partial charge in [-0.2, -0.15) is 0 Å². The number of rotatable bonds is 8. The fourth-order valence-electron chi connectivity index (χ4n) is 2.47. The van der Waals surface area contributed by atoms with Gasteiger partial charge in [0.1, 0.15) is 24.4 Å². The number of guanidine groups is 1. The largest absolute Gasteiger partial charge is 0.480 e. The van der Waals surface area contributed by atoms with E-state index in [1.165, 1.54) is 13.8 Å². The second kappa shape index (κ2) is 9.87. The van der Waals surface area contributed by atoms with E-state index in [0.717, 1.165) is 6.08 Å². The van der Waals surface area contributed by atoms with Crippen molar-refractivity contribution in [3.05, 3.63) is 11.8 Å². The monoisotopic (exact) mass is 403 g/mol. The fraction of sp³-hybridized carbons (Fsp3) is 0.600. The zero-order chi connectivity index (χ0) is 21.6. The molecule has 0 saturated carbocycles. The zero-order valence-corrected chi connectivity index (χ0v) is 15.3. The number of aliphatic imine (C=N–C) groups is 1. The van der Waals surface area contributed by atoms with Crippen molar-refractivity contribution in [1.82, 2.24) is 10.6 Å². The number of aliphatic carboxylic acids is 1. The van der Waals surface area contributed by atoms with Crippen LogP contribution in [0, 0.1) is 0 Å². The summed E-state index contributed by atoms with van der Waals surface area (Å²) >= 11 is 0. The van der Waals surface area contributed by atoms with E-state index in [1.54, 1.807) is 0 Å². The quantitative estimate of drug-likeness (QED) is 0.143. The van der Waals surface area contributed by atoms with Gasteiger partial charge in [-0.05, 0) is 13.0 Å². The summed E-state index contributed by atoms with van der Waals surface area (Å²) in [6.07, 6.45) is -3.71. The van der Waals surface area contributed by atoms with E-state index < -0.39 is 72.5 Å². The maximum absolute atomic E-state index is 12.3. The van der Waals surface area contributed by atoms with Gasteiger partial charge >= 0.3 is 5.97 Å². The zero-order valence-electron chi connectivity index (χ0n) is 15.3. The predicted molar refractivity (Wildman–Crippen MR) is 94.5 cm³/mol. The van der Waals surface area contributed by atoms with E-state index >= 15 is 0 Å². The fourth-order valence-corrected chi connectivity index (χ4v) is 2.47. The van der Waals surface area contributed by atoms with Crippen molar-refractivity contribution in [1.29, 1.82) is 0 Å². The van der Waals surface area contributed by atoms with E-state index in [1.807, 2.05) is 0 Å². The molecule has 0 saturated heterocycles. The number of carbonyl (C=O) groups is 3. The van der Waals surface area contributed by atoms with Gasteiger partial charge in [-0.15, -0.1) is 0 Å². The third-order valence-electron chi connectivity index (χ3n) is 3.83. The summed E-state index contributed by atoms with van der Waals surface area (Å²) in [5.41, 5.74) is 10.8. The van der Waals surface area contributed by atoms with Gasteiger partial charge in [0.15, 0.2) is 11.7 Å². The van der Waals surface area contributed by atoms with Crippen molar-refractivity contribution in [2.24, 2.45) is 16.5 Å². The van der Waals surface area contributed by atoms with Crippen molar-refractivity contribution in [3.8, 4) is 0 Å². The minimum atomic E-state index is -1.74. The number of nitrogens with two attached hydrogens (primary N) is 2. The van der Waals surface area contributed by atoms with Crippen molar-refractivity contribution in [3.63, 3.8) is 0 Å². The summed E-state index contributed by atoms with van der Waals surface area (Å²) < 4.78 is 5.41. The van der Waals surface area contributed by atoms with Crippen LogP contribution in [-0.2, 0) is 19.1 Å². The number of carbonyl (C=O) groups excluding carboxylic acids is 2. The first-order valence-electron chi connectivity index (χ1n) is 8.22. The molecule has 28 heavy (non-hydrogen) atoms. The number of carboxylic acids is 1. The van der Waals surface area contributed by atoms with Crippen molar-refractivity contribution < 1.29 is 39.5 Å². The number of hydrogen-bond acceptors (Lipinski definition) is 8. The van der Waals surface area contributed by atoms with Gasteiger partial charge in [-0.3, -0.25) is 14.4 Å². The van der Waals surface area contributed by atoms with Crippen LogP contribution >= 0.6 is 0 Å². The van der Waals surface area contributed by atoms with Gasteiger partial charge in [-0.25, -0.2) is 4.99 Å². The molecule has 0 bridgehead atoms. The Labute approximate surface area is 160 Å². The number of carboxylic acid groups (broad SMARTS) is 1. The van der Waals surface area contributed by atoms with Gasteiger partial charge in [0.25, 0.3) is 5.91 Å². The van der Waals surface area contributed by atoms with E-state index in [4.69, 9.17) is 26.4 Å². The van der Waals surface area contributed by atoms with Crippen molar-refractivity contribution in [2.75, 3.05) is 6.61 Å². The molecular formula is C15H25N5O8. The number of amides is 2. The highest BCUT2D eigenvalue weighted by Gasteiger charge is 2.43. The Bertz CT molecular complexity index is 663. The Morgan fingerprint density at radius 2 is 1.93 bits per heavy atom. The topological polar surface area (TPSA) is 230 Å². The lowest BCUT2D eigenvalue weighted by atomic mass is 9.92. The van der Waals surface area contributed by atoms with Crippen molar-refractivity contribution in [2.45, 2.75) is 50.3 Å². The third kappa shape index (κ3) is 6.07. The lowest BCUT2D eigenvalue weighted by Crippen LogP contribution is -2.60. The average molecular weight is 403 g/mol. The molecule has 2 amide bonds. The SMILES string of the molecule is CC(=O)N[C@H]1[C@H]([C@H](O)[C@H](O)CO)OC(C(=O)N[C@@H](C)C(=O)O)=C[C@@H]1N=C(N)N. The number of nitrogens with one attached hydrogen (secondary N) is 2. The second-order valence-electron chi connectivity index (χ2n) is 6.16. The number of ether oxygens (including phenoxy) is 1. The molecule has 0 spiro atoms. The van der Waals surface area contributed by atoms with E-state index in [9.17, 15) is 24.6 Å². The molecule has 0 aromatic heterocycles. The molecule has 13 nitrogen and oxygen atoms in total. The molecule has 0 radical (unpaired) electrons. The molecular weight excluding hydrogens is 378 g/mol. The first-order valence-corrected chi connectivity index (χ1v) is 8.22. The maximum atomic E-state index is 12.3. The van der Waals surface area contributed by atoms with Gasteiger partial charge < -0.3 is 47.3 Å². The highest BCUT2D eigenvalue weighted by molar-refractivity contribution is 5.94. The Hall–Kier alpha value is -2.90. The molecule has 0 fully saturated rings. The average Bonchev–Trinajstić information content (AvgIpc) is 2.60. The molecule has 1 heterocycles. The smallest absolute Gasteiger partial charge is 0.325 e. The highest BCUT2D eigenvalue weighted by atomic mass is 16.5. The predicted octanol–water partition coefficient (Wildman–Crippen LogP) is -4.28. The van der Waals surface area contributed by atoms with Crippen LogP contribution in [0.3, 0.4) is 0 Å². The van der Waals surface area contributed by atoms with Crippen LogP contribution in [0.5, 0.6) is 0 Å². The Morgan fingerprint density at radius 3 is 2.39 bits per heavy atom. The molecule has 0 aliphatic carbocycles. The Balaban J connectivity index is 3.32. The lowest BCUT2D eigenvalue weighted by Gasteiger charge is -2.39. The van der Waals surface area contributed by atoms with Crippen LogP contribution in [0.25, 0.3) is 0 Å². The van der Waals surface area contributed by atoms with Crippen LogP contribution < -0.4 is 22.1 Å². The highest BCUT2D eigenvalue weighted by Crippen LogP contribution is 2.25. The first kappa shape index (κ1) is 23.1. The van der Waals surface area contributed by atoms with Crippen LogP contribution in [0.2, 0.25) is 0 Å². The van der Waals surface area contributed by atoms with Crippen LogP contribution in [0.4, 0.5) is 0 Å². The molecule has 1 rings (SSSR count). The van der Waals surface area contributed by atoms with Gasteiger partial charge in [-0.1, -0.05) is 0 Å². The molecule has 6 atom stereocenters. The summed E-state index contributed by atoms with van der Waals surface area (Å²) in [7, 11) is 0. The standard InChI is InChI=1S/C15H25N5O8/c1-5(14(26)27)18-13(25)9-3-7(20-15(16)17)10(19-6(2)22)12(28-9)11(24)8(23)4-21/h3,5,7-8,10-12,21,23-24H,4H2,1-2H3,(H,18,25)(H,19,22)(H,26,27)(H4,16,17,20)/t5-,7-,8+,10+,11+,12+/m0/s1. The van der Waals surface area contributed by atoms with Gasteiger partial charge in [0.2, 0.25) is 5.91 Å². The normalized spacial score (nSPS) is 24.6. The van der Waals surface area contributed by atoms with Gasteiger partial charge in [0.05, 0.1) is 18.7 Å². The molecule has 1 aliphatic rings. The molecule has 158 valence electrons. The molecule has 13 heteroatoms. The summed E-state index contributed by atoms with van der Waals surface area (Å²) in [5, 5.41) is 42.7. The summed E-state index contributed by atoms with van der Waals surface area (Å²) in [6.45, 7) is 1.57. The minimum Gasteiger partial charge on any atom is -0.480 e. The van der Waals surface area contributed by atoms with Crippen LogP contribution in [0.1, 0.15) is 13.8 Å². The minimum absolute atomic E-state index is 0.395. The number of hydrogen-bond donors (Lipinski definition) is 8. The third-order valence-corrected chi connectivity index (χ3v) is 3.83. The summed E-state index contributed by atoms with van der Waals surface area (Å²) in [5.74, 6) is -3.61. The van der Waals surface area contributed by atoms with Crippen LogP contribution in [0.15, 0.2) is 16.8 Å². The molecule has 0 aromatic rings. The summed E-state index contributed by atoms with van der Waals surface area (Å²) in [4.78, 5) is 38.7. The first-order chi connectivity index (χ1) is 13.0. The number of aliphatic hydroxyl groups is 3. The molecule has 0 unspecified atom stereocenters. The van der Waals surface area contributed by atoms with Gasteiger partial charge in [0, 0.05) is 6.92 Å². The molecule has 1 aliphatic heterocycles. The molecule has 0 aromatic carbocycles. The number of aliphatic hydroxyl groups excluding tert-OH is 3. The molecule has 10 N–H and O–H groups in total. The van der Waals surface area contributed by atoms with E-state index in [0.29, 0.717) is 0 Å². The second-order valence-corrected chi connectivity index (χ2v) is 6.16.